The highest BCUT2D eigenvalue weighted by Gasteiger charge is 2.09. The molecule has 2 aliphatic carbocycles. The molecule has 0 aromatic heterocycles. The summed E-state index contributed by atoms with van der Waals surface area (Å²) < 4.78 is 0. The molecule has 0 aromatic rings. The second kappa shape index (κ2) is 9.90. The first-order valence-electron chi connectivity index (χ1n) is 7.76. The largest absolute Gasteiger partial charge is 0.328 e. The summed E-state index contributed by atoms with van der Waals surface area (Å²) in [5, 5.41) is 3.30. The minimum absolute atomic E-state index is 0.519. The second-order valence-corrected chi connectivity index (χ2v) is 5.73. The zero-order valence-corrected chi connectivity index (χ0v) is 11.7. The molecule has 0 saturated heterocycles. The van der Waals surface area contributed by atoms with Gasteiger partial charge in [-0.1, -0.05) is 51.4 Å². The summed E-state index contributed by atoms with van der Waals surface area (Å²) in [6.45, 7) is 0. The fraction of sp³-hybridized carbons (Fsp3) is 1.00. The van der Waals surface area contributed by atoms with E-state index in [0.717, 1.165) is 6.04 Å². The van der Waals surface area contributed by atoms with Crippen LogP contribution in [0.3, 0.4) is 0 Å². The molecule has 3 N–H and O–H groups in total. The molecule has 17 heavy (non-hydrogen) atoms. The van der Waals surface area contributed by atoms with Gasteiger partial charge < -0.3 is 11.1 Å². The molecule has 102 valence electrons. The predicted octanol–water partition coefficient (Wildman–Crippen LogP) is 3.60. The summed E-state index contributed by atoms with van der Waals surface area (Å²) in [6, 6.07) is 1.36. The van der Waals surface area contributed by atoms with Crippen molar-refractivity contribution in [3.05, 3.63) is 0 Å². The van der Waals surface area contributed by atoms with E-state index in [0.29, 0.717) is 6.04 Å². The fourth-order valence-corrected chi connectivity index (χ4v) is 2.88. The number of nitrogens with one attached hydrogen (secondary N) is 1. The maximum atomic E-state index is 5.80. The lowest BCUT2D eigenvalue weighted by Gasteiger charge is -2.20. The van der Waals surface area contributed by atoms with E-state index >= 15 is 0 Å². The summed E-state index contributed by atoms with van der Waals surface area (Å²) in [4.78, 5) is 0. The Labute approximate surface area is 108 Å². The Morgan fingerprint density at radius 3 is 1.59 bits per heavy atom. The zero-order chi connectivity index (χ0) is 12.3. The molecule has 0 unspecified atom stereocenters. The first-order valence-corrected chi connectivity index (χ1v) is 7.76. The highest BCUT2D eigenvalue weighted by molar-refractivity contribution is 4.69. The topological polar surface area (TPSA) is 38.0 Å². The predicted molar refractivity (Wildman–Crippen MR) is 76.2 cm³/mol. The van der Waals surface area contributed by atoms with Crippen molar-refractivity contribution in [3.63, 3.8) is 0 Å². The van der Waals surface area contributed by atoms with Crippen molar-refractivity contribution in [1.82, 2.24) is 5.32 Å². The molecule has 2 fully saturated rings. The monoisotopic (exact) mass is 240 g/mol. The summed E-state index contributed by atoms with van der Waals surface area (Å²) >= 11 is 0. The molecular formula is C15H32N2. The van der Waals surface area contributed by atoms with Crippen LogP contribution in [0.4, 0.5) is 0 Å². The first kappa shape index (κ1) is 15.0. The Hall–Kier alpha value is -0.0800. The highest BCUT2D eigenvalue weighted by atomic mass is 14.9. The fourth-order valence-electron chi connectivity index (χ4n) is 2.88. The minimum atomic E-state index is 0.519. The van der Waals surface area contributed by atoms with Crippen molar-refractivity contribution in [3.8, 4) is 0 Å². The summed E-state index contributed by atoms with van der Waals surface area (Å²) in [5.74, 6) is 0. The van der Waals surface area contributed by atoms with Gasteiger partial charge in [0.05, 0.1) is 0 Å². The van der Waals surface area contributed by atoms with Crippen molar-refractivity contribution in [2.24, 2.45) is 5.73 Å². The maximum absolute atomic E-state index is 5.80. The van der Waals surface area contributed by atoms with Crippen molar-refractivity contribution in [2.45, 2.75) is 89.1 Å². The van der Waals surface area contributed by atoms with Crippen LogP contribution in [-0.2, 0) is 0 Å². The van der Waals surface area contributed by atoms with E-state index in [2.05, 4.69) is 12.4 Å². The molecule has 0 aromatic carbocycles. The van der Waals surface area contributed by atoms with Crippen molar-refractivity contribution in [2.75, 3.05) is 7.05 Å². The molecular weight excluding hydrogens is 208 g/mol. The van der Waals surface area contributed by atoms with Crippen LogP contribution in [-0.4, -0.2) is 19.1 Å². The van der Waals surface area contributed by atoms with Crippen molar-refractivity contribution in [1.29, 1.82) is 0 Å². The molecule has 0 spiro atoms. The van der Waals surface area contributed by atoms with E-state index in [-0.39, 0.29) is 0 Å². The third-order valence-corrected chi connectivity index (χ3v) is 4.16. The molecule has 0 bridgehead atoms. The Bertz CT molecular complexity index is 156. The standard InChI is InChI=1S/C8H17N.C7H15N/c9-8-6-4-2-1-3-5-7-8;1-8-7-5-3-2-4-6-7/h8H,1-7,9H2;7-8H,2-6H2,1H3. The van der Waals surface area contributed by atoms with Gasteiger partial charge in [0.1, 0.15) is 0 Å². The molecule has 0 atom stereocenters. The van der Waals surface area contributed by atoms with E-state index in [1.807, 2.05) is 0 Å². The van der Waals surface area contributed by atoms with Crippen LogP contribution >= 0.6 is 0 Å². The molecule has 2 aliphatic rings. The van der Waals surface area contributed by atoms with Gasteiger partial charge in [-0.15, -0.1) is 0 Å². The summed E-state index contributed by atoms with van der Waals surface area (Å²) in [7, 11) is 2.07. The minimum Gasteiger partial charge on any atom is -0.328 e. The molecule has 0 aliphatic heterocycles. The van der Waals surface area contributed by atoms with Gasteiger partial charge in [0.2, 0.25) is 0 Å². The third kappa shape index (κ3) is 7.77. The van der Waals surface area contributed by atoms with Gasteiger partial charge in [0.15, 0.2) is 0 Å². The Balaban J connectivity index is 0.000000171. The first-order chi connectivity index (χ1) is 8.33. The SMILES string of the molecule is CNC1CCCCC1.NC1CCCCCCC1. The van der Waals surface area contributed by atoms with Crippen LogP contribution < -0.4 is 11.1 Å². The molecule has 0 radical (unpaired) electrons. The third-order valence-electron chi connectivity index (χ3n) is 4.16. The smallest absolute Gasteiger partial charge is 0.00640 e. The van der Waals surface area contributed by atoms with Crippen LogP contribution in [0.25, 0.3) is 0 Å². The average Bonchev–Trinajstić information content (AvgIpc) is 2.36. The average molecular weight is 240 g/mol. The number of rotatable bonds is 1. The van der Waals surface area contributed by atoms with E-state index in [4.69, 9.17) is 5.73 Å². The Morgan fingerprint density at radius 2 is 1.12 bits per heavy atom. The van der Waals surface area contributed by atoms with Gasteiger partial charge in [-0.05, 0) is 32.7 Å². The van der Waals surface area contributed by atoms with Crippen molar-refractivity contribution >= 4 is 0 Å². The molecule has 0 amide bonds. The molecule has 0 heterocycles. The summed E-state index contributed by atoms with van der Waals surface area (Å²) in [5.41, 5.74) is 5.80. The lowest BCUT2D eigenvalue weighted by molar-refractivity contribution is 0.394. The number of hydrogen-bond acceptors (Lipinski definition) is 2. The normalized spacial score (nSPS) is 24.4. The lowest BCUT2D eigenvalue weighted by atomic mass is 9.96. The number of nitrogens with two attached hydrogens (primary N) is 1. The van der Waals surface area contributed by atoms with E-state index in [9.17, 15) is 0 Å². The lowest BCUT2D eigenvalue weighted by Crippen LogP contribution is -2.26. The van der Waals surface area contributed by atoms with Crippen LogP contribution in [0.15, 0.2) is 0 Å². The van der Waals surface area contributed by atoms with Crippen molar-refractivity contribution < 1.29 is 0 Å². The van der Waals surface area contributed by atoms with Crippen LogP contribution in [0.5, 0.6) is 0 Å². The highest BCUT2D eigenvalue weighted by Crippen LogP contribution is 2.16. The molecule has 2 rings (SSSR count). The van der Waals surface area contributed by atoms with Gasteiger partial charge in [-0.3, -0.25) is 0 Å². The van der Waals surface area contributed by atoms with Gasteiger partial charge in [0.25, 0.3) is 0 Å². The van der Waals surface area contributed by atoms with Crippen LogP contribution in [0, 0.1) is 0 Å². The molecule has 2 saturated carbocycles. The Kier molecular flexibility index (Phi) is 8.72. The van der Waals surface area contributed by atoms with Gasteiger partial charge in [-0.25, -0.2) is 0 Å². The molecule has 2 nitrogen and oxygen atoms in total. The maximum Gasteiger partial charge on any atom is 0.00640 e. The van der Waals surface area contributed by atoms with Gasteiger partial charge in [-0.2, -0.15) is 0 Å². The van der Waals surface area contributed by atoms with Gasteiger partial charge in [0, 0.05) is 12.1 Å². The number of hydrogen-bond donors (Lipinski definition) is 2. The van der Waals surface area contributed by atoms with E-state index in [1.165, 1.54) is 77.0 Å². The summed E-state index contributed by atoms with van der Waals surface area (Å²) in [6.07, 6.45) is 16.6. The van der Waals surface area contributed by atoms with E-state index in [1.54, 1.807) is 0 Å². The quantitative estimate of drug-likeness (QED) is 0.735. The van der Waals surface area contributed by atoms with Crippen LogP contribution in [0.1, 0.15) is 77.0 Å². The second-order valence-electron chi connectivity index (χ2n) is 5.73. The molecule has 2 heteroatoms. The van der Waals surface area contributed by atoms with Gasteiger partial charge >= 0.3 is 0 Å². The van der Waals surface area contributed by atoms with E-state index < -0.39 is 0 Å². The zero-order valence-electron chi connectivity index (χ0n) is 11.7. The van der Waals surface area contributed by atoms with Crippen LogP contribution in [0.2, 0.25) is 0 Å². The Morgan fingerprint density at radius 1 is 0.706 bits per heavy atom.